The summed E-state index contributed by atoms with van der Waals surface area (Å²) < 4.78 is 5.90. The molecule has 4 nitrogen and oxygen atoms in total. The minimum atomic E-state index is -0.113. The van der Waals surface area contributed by atoms with Crippen LogP contribution >= 0.6 is 22.9 Å². The van der Waals surface area contributed by atoms with Gasteiger partial charge in [-0.15, -0.1) is 21.5 Å². The number of benzene rings is 2. The molecule has 27 heavy (non-hydrogen) atoms. The lowest BCUT2D eigenvalue weighted by atomic mass is 10.0. The molecule has 2 aromatic heterocycles. The van der Waals surface area contributed by atoms with Gasteiger partial charge in [-0.05, 0) is 42.1 Å². The van der Waals surface area contributed by atoms with E-state index in [2.05, 4.69) is 45.2 Å². The maximum atomic E-state index is 6.06. The van der Waals surface area contributed by atoms with E-state index in [-0.39, 0.29) is 12.1 Å². The van der Waals surface area contributed by atoms with Gasteiger partial charge in [-0.2, -0.15) is 0 Å². The molecule has 0 fully saturated rings. The van der Waals surface area contributed by atoms with E-state index in [1.165, 1.54) is 10.4 Å². The van der Waals surface area contributed by atoms with Gasteiger partial charge in [0.1, 0.15) is 0 Å². The lowest BCUT2D eigenvalue weighted by Gasteiger charge is -2.21. The van der Waals surface area contributed by atoms with Gasteiger partial charge in [0.2, 0.25) is 11.8 Å². The van der Waals surface area contributed by atoms with E-state index in [4.69, 9.17) is 16.0 Å². The molecule has 136 valence electrons. The molecule has 0 radical (unpaired) electrons. The van der Waals surface area contributed by atoms with Crippen LogP contribution in [0.3, 0.4) is 0 Å². The van der Waals surface area contributed by atoms with E-state index in [1.807, 2.05) is 49.4 Å². The Balaban J connectivity index is 1.58. The summed E-state index contributed by atoms with van der Waals surface area (Å²) >= 11 is 7.78. The molecule has 4 rings (SSSR count). The van der Waals surface area contributed by atoms with E-state index >= 15 is 0 Å². The zero-order valence-corrected chi connectivity index (χ0v) is 16.2. The molecule has 0 bridgehead atoms. The highest BCUT2D eigenvalue weighted by molar-refractivity contribution is 7.10. The highest BCUT2D eigenvalue weighted by atomic mass is 35.5. The lowest BCUT2D eigenvalue weighted by molar-refractivity contribution is 0.405. The van der Waals surface area contributed by atoms with E-state index < -0.39 is 0 Å². The van der Waals surface area contributed by atoms with Crippen LogP contribution in [0.1, 0.15) is 35.3 Å². The minimum Gasteiger partial charge on any atom is -0.419 e. The number of rotatable bonds is 6. The van der Waals surface area contributed by atoms with Gasteiger partial charge >= 0.3 is 0 Å². The van der Waals surface area contributed by atoms with E-state index in [9.17, 15) is 0 Å². The molecule has 0 aliphatic carbocycles. The average molecular weight is 396 g/mol. The zero-order chi connectivity index (χ0) is 18.6. The van der Waals surface area contributed by atoms with Gasteiger partial charge in [0.15, 0.2) is 0 Å². The number of halogens is 1. The van der Waals surface area contributed by atoms with Gasteiger partial charge in [0.05, 0.1) is 12.1 Å². The molecule has 0 spiro atoms. The molecule has 0 aliphatic rings. The first-order valence-electron chi connectivity index (χ1n) is 8.64. The van der Waals surface area contributed by atoms with Crippen molar-refractivity contribution in [2.24, 2.45) is 0 Å². The quantitative estimate of drug-likeness (QED) is 0.442. The maximum Gasteiger partial charge on any atom is 0.247 e. The van der Waals surface area contributed by atoms with Gasteiger partial charge in [0, 0.05) is 15.5 Å². The summed E-state index contributed by atoms with van der Waals surface area (Å²) in [6, 6.07) is 21.9. The van der Waals surface area contributed by atoms with Crippen LogP contribution in [0.2, 0.25) is 5.02 Å². The molecule has 2 atom stereocenters. The van der Waals surface area contributed by atoms with Crippen molar-refractivity contribution < 1.29 is 4.42 Å². The SMILES string of the molecule is C[C@H](N[C@H](c1ccccc1)c1cccs1)c1nnc(-c2cccc(Cl)c2)o1. The van der Waals surface area contributed by atoms with E-state index in [0.29, 0.717) is 16.8 Å². The molecule has 2 aromatic carbocycles. The van der Waals surface area contributed by atoms with Gasteiger partial charge in [0.25, 0.3) is 0 Å². The summed E-state index contributed by atoms with van der Waals surface area (Å²) in [7, 11) is 0. The number of hydrogen-bond acceptors (Lipinski definition) is 5. The van der Waals surface area contributed by atoms with Gasteiger partial charge in [-0.3, -0.25) is 5.32 Å². The van der Waals surface area contributed by atoms with E-state index in [1.54, 1.807) is 11.3 Å². The molecular formula is C21H18ClN3OS. The van der Waals surface area contributed by atoms with Crippen molar-refractivity contribution in [3.63, 3.8) is 0 Å². The number of hydrogen-bond donors (Lipinski definition) is 1. The Hall–Kier alpha value is -2.47. The highest BCUT2D eigenvalue weighted by Crippen LogP contribution is 2.29. The third-order valence-corrected chi connectivity index (χ3v) is 5.43. The van der Waals surface area contributed by atoms with Gasteiger partial charge in [-0.25, -0.2) is 0 Å². The summed E-state index contributed by atoms with van der Waals surface area (Å²) in [6.45, 7) is 2.03. The molecule has 0 unspecified atom stereocenters. The number of aromatic nitrogens is 2. The second-order valence-corrected chi connectivity index (χ2v) is 7.62. The fourth-order valence-electron chi connectivity index (χ4n) is 2.91. The number of thiophene rings is 1. The van der Waals surface area contributed by atoms with Crippen LogP contribution in [0, 0.1) is 0 Å². The van der Waals surface area contributed by atoms with Crippen LogP contribution in [0.15, 0.2) is 76.5 Å². The van der Waals surface area contributed by atoms with Crippen molar-refractivity contribution in [3.8, 4) is 11.5 Å². The van der Waals surface area contributed by atoms with Gasteiger partial charge < -0.3 is 4.42 Å². The predicted octanol–water partition coefficient (Wildman–Crippen LogP) is 5.89. The number of nitrogens with one attached hydrogen (secondary N) is 1. The first-order valence-corrected chi connectivity index (χ1v) is 9.90. The van der Waals surface area contributed by atoms with Crippen molar-refractivity contribution in [2.75, 3.05) is 0 Å². The molecule has 6 heteroatoms. The van der Waals surface area contributed by atoms with Crippen LogP contribution in [-0.4, -0.2) is 10.2 Å². The Kier molecular flexibility index (Phi) is 5.34. The second-order valence-electron chi connectivity index (χ2n) is 6.20. The second kappa shape index (κ2) is 8.05. The lowest BCUT2D eigenvalue weighted by Crippen LogP contribution is -2.25. The van der Waals surface area contributed by atoms with Crippen LogP contribution < -0.4 is 5.32 Å². The first kappa shape index (κ1) is 17.9. The van der Waals surface area contributed by atoms with Crippen LogP contribution in [-0.2, 0) is 0 Å². The molecule has 2 heterocycles. The molecule has 0 saturated heterocycles. The fraction of sp³-hybridized carbons (Fsp3) is 0.143. The predicted molar refractivity (Wildman–Crippen MR) is 109 cm³/mol. The van der Waals surface area contributed by atoms with Crippen LogP contribution in [0.5, 0.6) is 0 Å². The molecule has 0 aliphatic heterocycles. The molecular weight excluding hydrogens is 378 g/mol. The van der Waals surface area contributed by atoms with Crippen molar-refractivity contribution in [1.29, 1.82) is 0 Å². The van der Waals surface area contributed by atoms with Crippen molar-refractivity contribution in [1.82, 2.24) is 15.5 Å². The van der Waals surface area contributed by atoms with Crippen molar-refractivity contribution in [3.05, 3.63) is 93.5 Å². The van der Waals surface area contributed by atoms with Crippen molar-refractivity contribution >= 4 is 22.9 Å². The third kappa shape index (κ3) is 4.11. The minimum absolute atomic E-state index is 0.0581. The zero-order valence-electron chi connectivity index (χ0n) is 14.7. The summed E-state index contributed by atoms with van der Waals surface area (Å²) in [5.74, 6) is 1.01. The summed E-state index contributed by atoms with van der Waals surface area (Å²) in [4.78, 5) is 1.24. The Labute approximate surface area is 166 Å². The Morgan fingerprint density at radius 3 is 2.59 bits per heavy atom. The highest BCUT2D eigenvalue weighted by Gasteiger charge is 2.22. The molecule has 0 saturated carbocycles. The average Bonchev–Trinajstić information content (AvgIpc) is 3.39. The first-order chi connectivity index (χ1) is 13.2. The maximum absolute atomic E-state index is 6.06. The molecule has 1 N–H and O–H groups in total. The molecule has 0 amide bonds. The monoisotopic (exact) mass is 395 g/mol. The summed E-state index contributed by atoms with van der Waals surface area (Å²) in [5, 5.41) is 14.8. The van der Waals surface area contributed by atoms with E-state index in [0.717, 1.165) is 5.56 Å². The fourth-order valence-corrected chi connectivity index (χ4v) is 3.91. The van der Waals surface area contributed by atoms with Crippen LogP contribution in [0.25, 0.3) is 11.5 Å². The standard InChI is InChI=1S/C21H18ClN3OS/c1-14(20-24-25-21(26-20)16-9-5-10-17(22)13-16)23-19(18-11-6-12-27-18)15-7-3-2-4-8-15/h2-14,19,23H,1H3/t14-,19+/m0/s1. The smallest absolute Gasteiger partial charge is 0.247 e. The van der Waals surface area contributed by atoms with Gasteiger partial charge in [-0.1, -0.05) is 54.1 Å². The number of nitrogens with zero attached hydrogens (tertiary/aromatic N) is 2. The normalized spacial score (nSPS) is 13.4. The Morgan fingerprint density at radius 2 is 1.85 bits per heavy atom. The topological polar surface area (TPSA) is 51.0 Å². The summed E-state index contributed by atoms with van der Waals surface area (Å²) in [5.41, 5.74) is 2.01. The van der Waals surface area contributed by atoms with Crippen LogP contribution in [0.4, 0.5) is 0 Å². The third-order valence-electron chi connectivity index (χ3n) is 4.26. The molecule has 4 aromatic rings. The van der Waals surface area contributed by atoms with Crippen molar-refractivity contribution in [2.45, 2.75) is 19.0 Å². The Bertz CT molecular complexity index is 1000. The Morgan fingerprint density at radius 1 is 1.00 bits per heavy atom. The largest absolute Gasteiger partial charge is 0.419 e. The summed E-state index contributed by atoms with van der Waals surface area (Å²) in [6.07, 6.45) is 0.